The molecule has 2 aromatic heterocycles. The summed E-state index contributed by atoms with van der Waals surface area (Å²) in [5.41, 5.74) is 7.85. The number of aromatic nitrogens is 2. The fraction of sp³-hybridized carbons (Fsp3) is 0.214. The van der Waals surface area contributed by atoms with Gasteiger partial charge in [-0.15, -0.1) is 11.3 Å². The van der Waals surface area contributed by atoms with Gasteiger partial charge >= 0.3 is 0 Å². The molecule has 0 aliphatic carbocycles. The summed E-state index contributed by atoms with van der Waals surface area (Å²) in [4.78, 5) is 5.46. The number of fused-ring (bicyclic) bond motifs is 1. The van der Waals surface area contributed by atoms with Crippen molar-refractivity contribution >= 4 is 16.3 Å². The van der Waals surface area contributed by atoms with E-state index in [4.69, 9.17) is 10.5 Å². The monoisotopic (exact) mass is 273 g/mol. The molecule has 2 N–H and O–H groups in total. The molecule has 5 heteroatoms. The summed E-state index contributed by atoms with van der Waals surface area (Å²) in [6.45, 7) is 2.44. The molecule has 0 bridgehead atoms. The maximum Gasteiger partial charge on any atom is 0.193 e. The van der Waals surface area contributed by atoms with Gasteiger partial charge in [-0.05, 0) is 24.6 Å². The smallest absolute Gasteiger partial charge is 0.193 e. The second kappa shape index (κ2) is 5.03. The first-order valence-electron chi connectivity index (χ1n) is 6.12. The molecule has 4 nitrogen and oxygen atoms in total. The zero-order valence-electron chi connectivity index (χ0n) is 10.6. The lowest BCUT2D eigenvalue weighted by Crippen LogP contribution is -2.04. The van der Waals surface area contributed by atoms with Crippen molar-refractivity contribution in [2.45, 2.75) is 19.6 Å². The quantitative estimate of drug-likeness (QED) is 0.795. The summed E-state index contributed by atoms with van der Waals surface area (Å²) in [5, 5.41) is 2.01. The van der Waals surface area contributed by atoms with Crippen molar-refractivity contribution in [2.75, 3.05) is 0 Å². The van der Waals surface area contributed by atoms with Crippen LogP contribution < -0.4 is 10.5 Å². The minimum atomic E-state index is 0.0500. The fourth-order valence-electron chi connectivity index (χ4n) is 1.87. The zero-order valence-corrected chi connectivity index (χ0v) is 11.4. The van der Waals surface area contributed by atoms with Crippen LogP contribution in [-0.4, -0.2) is 9.38 Å². The first kappa shape index (κ1) is 12.2. The lowest BCUT2D eigenvalue weighted by Gasteiger charge is -2.07. The van der Waals surface area contributed by atoms with E-state index in [1.165, 1.54) is 0 Å². The van der Waals surface area contributed by atoms with Crippen molar-refractivity contribution in [2.24, 2.45) is 5.73 Å². The Hall–Kier alpha value is -1.85. The molecule has 0 radical (unpaired) electrons. The predicted molar refractivity (Wildman–Crippen MR) is 76.4 cm³/mol. The van der Waals surface area contributed by atoms with Crippen LogP contribution in [0.2, 0.25) is 0 Å². The number of hydrogen-bond acceptors (Lipinski definition) is 4. The van der Waals surface area contributed by atoms with Crippen molar-refractivity contribution in [3.8, 4) is 5.75 Å². The minimum Gasteiger partial charge on any atom is -0.487 e. The van der Waals surface area contributed by atoms with E-state index < -0.39 is 0 Å². The summed E-state index contributed by atoms with van der Waals surface area (Å²) in [7, 11) is 0. The molecule has 0 saturated carbocycles. The number of imidazole rings is 1. The van der Waals surface area contributed by atoms with Gasteiger partial charge in [0.25, 0.3) is 0 Å². The number of hydrogen-bond donors (Lipinski definition) is 1. The van der Waals surface area contributed by atoms with Crippen LogP contribution in [0.3, 0.4) is 0 Å². The Bertz CT molecular complexity index is 641. The van der Waals surface area contributed by atoms with Crippen LogP contribution in [0.5, 0.6) is 5.75 Å². The number of nitrogens with zero attached hydrogens (tertiary/aromatic N) is 2. The van der Waals surface area contributed by atoms with E-state index in [1.54, 1.807) is 11.3 Å². The number of benzene rings is 1. The fourth-order valence-corrected chi connectivity index (χ4v) is 2.59. The standard InChI is InChI=1S/C14H15N3OS/c1-10(15)11-2-4-13(5-3-11)18-9-12-8-17-6-7-19-14(17)16-12/h2-8,10H,9,15H2,1H3/t10-/m0/s1. The molecule has 1 atom stereocenters. The van der Waals surface area contributed by atoms with Gasteiger partial charge in [-0.2, -0.15) is 0 Å². The molecule has 0 aliphatic rings. The second-order valence-corrected chi connectivity index (χ2v) is 5.34. The van der Waals surface area contributed by atoms with Crippen molar-refractivity contribution in [1.29, 1.82) is 0 Å². The average Bonchev–Trinajstić information content (AvgIpc) is 2.97. The molecule has 0 amide bonds. The Kier molecular flexibility index (Phi) is 3.23. The summed E-state index contributed by atoms with van der Waals surface area (Å²) >= 11 is 1.62. The topological polar surface area (TPSA) is 52.5 Å². The molecule has 2 heterocycles. The normalized spacial score (nSPS) is 12.7. The molecule has 19 heavy (non-hydrogen) atoms. The molecule has 98 valence electrons. The van der Waals surface area contributed by atoms with E-state index in [9.17, 15) is 0 Å². The van der Waals surface area contributed by atoms with Gasteiger partial charge in [-0.3, -0.25) is 4.40 Å². The van der Waals surface area contributed by atoms with E-state index >= 15 is 0 Å². The summed E-state index contributed by atoms with van der Waals surface area (Å²) < 4.78 is 7.72. The number of nitrogens with two attached hydrogens (primary N) is 1. The molecule has 0 spiro atoms. The Labute approximate surface area is 115 Å². The van der Waals surface area contributed by atoms with Crippen molar-refractivity contribution in [3.63, 3.8) is 0 Å². The SMILES string of the molecule is C[C@H](N)c1ccc(OCc2cn3ccsc3n2)cc1. The largest absolute Gasteiger partial charge is 0.487 e. The van der Waals surface area contributed by atoms with Gasteiger partial charge < -0.3 is 10.5 Å². The lowest BCUT2D eigenvalue weighted by molar-refractivity contribution is 0.302. The summed E-state index contributed by atoms with van der Waals surface area (Å²) in [5.74, 6) is 0.834. The first-order chi connectivity index (χ1) is 9.22. The van der Waals surface area contributed by atoms with E-state index in [0.29, 0.717) is 6.61 Å². The Balaban J connectivity index is 1.67. The number of thiazole rings is 1. The Morgan fingerprint density at radius 3 is 2.84 bits per heavy atom. The van der Waals surface area contributed by atoms with E-state index in [0.717, 1.165) is 22.0 Å². The molecule has 0 saturated heterocycles. The molecule has 0 aliphatic heterocycles. The maximum atomic E-state index is 5.81. The molecule has 0 fully saturated rings. The maximum absolute atomic E-state index is 5.81. The van der Waals surface area contributed by atoms with Gasteiger partial charge in [0.05, 0.1) is 5.69 Å². The van der Waals surface area contributed by atoms with Gasteiger partial charge in [0, 0.05) is 23.8 Å². The van der Waals surface area contributed by atoms with Gasteiger partial charge in [0.2, 0.25) is 0 Å². The Morgan fingerprint density at radius 1 is 1.37 bits per heavy atom. The molecular weight excluding hydrogens is 258 g/mol. The van der Waals surface area contributed by atoms with Gasteiger partial charge in [-0.1, -0.05) is 12.1 Å². The highest BCUT2D eigenvalue weighted by atomic mass is 32.1. The minimum absolute atomic E-state index is 0.0500. The van der Waals surface area contributed by atoms with Crippen molar-refractivity contribution in [3.05, 3.63) is 53.3 Å². The molecule has 3 rings (SSSR count). The molecule has 1 aromatic carbocycles. The van der Waals surface area contributed by atoms with Crippen LogP contribution in [0, 0.1) is 0 Å². The summed E-state index contributed by atoms with van der Waals surface area (Å²) in [6, 6.07) is 7.92. The van der Waals surface area contributed by atoms with Crippen LogP contribution in [0.15, 0.2) is 42.0 Å². The van der Waals surface area contributed by atoms with Crippen LogP contribution in [0.1, 0.15) is 24.2 Å². The first-order valence-corrected chi connectivity index (χ1v) is 7.00. The van der Waals surface area contributed by atoms with Crippen LogP contribution in [-0.2, 0) is 6.61 Å². The third-order valence-electron chi connectivity index (χ3n) is 2.94. The lowest BCUT2D eigenvalue weighted by atomic mass is 10.1. The number of rotatable bonds is 4. The summed E-state index contributed by atoms with van der Waals surface area (Å²) in [6.07, 6.45) is 3.98. The van der Waals surface area contributed by atoms with Crippen LogP contribution in [0.4, 0.5) is 0 Å². The van der Waals surface area contributed by atoms with Gasteiger partial charge in [0.15, 0.2) is 4.96 Å². The third kappa shape index (κ3) is 2.62. The van der Waals surface area contributed by atoms with E-state index in [1.807, 2.05) is 53.4 Å². The highest BCUT2D eigenvalue weighted by Gasteiger charge is 2.04. The molecule has 3 aromatic rings. The molecule has 0 unspecified atom stereocenters. The van der Waals surface area contributed by atoms with Crippen molar-refractivity contribution in [1.82, 2.24) is 9.38 Å². The predicted octanol–water partition coefficient (Wildman–Crippen LogP) is 2.99. The van der Waals surface area contributed by atoms with Crippen LogP contribution >= 0.6 is 11.3 Å². The van der Waals surface area contributed by atoms with Gasteiger partial charge in [-0.25, -0.2) is 4.98 Å². The van der Waals surface area contributed by atoms with E-state index in [-0.39, 0.29) is 6.04 Å². The average molecular weight is 273 g/mol. The molecular formula is C14H15N3OS. The van der Waals surface area contributed by atoms with Crippen LogP contribution in [0.25, 0.3) is 4.96 Å². The zero-order chi connectivity index (χ0) is 13.2. The Morgan fingerprint density at radius 2 is 2.16 bits per heavy atom. The van der Waals surface area contributed by atoms with Gasteiger partial charge in [0.1, 0.15) is 12.4 Å². The second-order valence-electron chi connectivity index (χ2n) is 4.47. The van der Waals surface area contributed by atoms with Crippen molar-refractivity contribution < 1.29 is 4.74 Å². The highest BCUT2D eigenvalue weighted by Crippen LogP contribution is 2.18. The third-order valence-corrected chi connectivity index (χ3v) is 3.71. The van der Waals surface area contributed by atoms with E-state index in [2.05, 4.69) is 4.98 Å². The highest BCUT2D eigenvalue weighted by molar-refractivity contribution is 7.15. The number of ether oxygens (including phenoxy) is 1.